The van der Waals surface area contributed by atoms with Crippen LogP contribution in [-0.2, 0) is 20.7 Å². The van der Waals surface area contributed by atoms with Crippen LogP contribution in [0.1, 0.15) is 5.56 Å². The molecule has 0 saturated heterocycles. The van der Waals surface area contributed by atoms with Crippen LogP contribution in [0.2, 0.25) is 0 Å². The maximum Gasteiger partial charge on any atom is 0.335 e. The fraction of sp³-hybridized carbons (Fsp3) is 0.364. The molecule has 0 aromatic heterocycles. The van der Waals surface area contributed by atoms with E-state index < -0.39 is 12.1 Å². The maximum atomic E-state index is 11.2. The van der Waals surface area contributed by atoms with Gasteiger partial charge >= 0.3 is 5.97 Å². The van der Waals surface area contributed by atoms with Gasteiger partial charge in [-0.1, -0.05) is 6.07 Å². The number of hydrogen-bond donors (Lipinski definition) is 2. The van der Waals surface area contributed by atoms with Crippen molar-refractivity contribution >= 4 is 5.97 Å². The number of methoxy groups -OCH3 is 2. The molecule has 1 atom stereocenters. The molecule has 0 aliphatic rings. The number of carbonyl (C=O) groups is 1. The second-order valence-corrected chi connectivity index (χ2v) is 3.27. The number of ether oxygens (including phenoxy) is 2. The Kier molecular flexibility index (Phi) is 4.13. The highest BCUT2D eigenvalue weighted by Crippen LogP contribution is 2.25. The van der Waals surface area contributed by atoms with Gasteiger partial charge in [0.25, 0.3) is 0 Å². The van der Waals surface area contributed by atoms with Crippen LogP contribution in [0.4, 0.5) is 0 Å². The topological polar surface area (TPSA) is 76.0 Å². The van der Waals surface area contributed by atoms with Crippen LogP contribution in [0.15, 0.2) is 18.2 Å². The lowest BCUT2D eigenvalue weighted by atomic mass is 10.1. The zero-order valence-electron chi connectivity index (χ0n) is 9.14. The van der Waals surface area contributed by atoms with Crippen molar-refractivity contribution in [3.8, 4) is 11.5 Å². The summed E-state index contributed by atoms with van der Waals surface area (Å²) in [4.78, 5) is 11.2. The van der Waals surface area contributed by atoms with Crippen LogP contribution >= 0.6 is 0 Å². The van der Waals surface area contributed by atoms with Crippen molar-refractivity contribution in [3.05, 3.63) is 23.8 Å². The second-order valence-electron chi connectivity index (χ2n) is 3.27. The molecule has 1 rings (SSSR count). The minimum absolute atomic E-state index is 0.198. The van der Waals surface area contributed by atoms with E-state index in [0.29, 0.717) is 5.56 Å². The monoisotopic (exact) mass is 226 g/mol. The molecule has 0 bridgehead atoms. The van der Waals surface area contributed by atoms with Crippen molar-refractivity contribution in [1.29, 1.82) is 0 Å². The van der Waals surface area contributed by atoms with E-state index in [0.717, 1.165) is 0 Å². The van der Waals surface area contributed by atoms with Crippen molar-refractivity contribution in [2.24, 2.45) is 0 Å². The average molecular weight is 226 g/mol. The molecule has 0 saturated carbocycles. The molecule has 0 aliphatic carbocycles. The summed E-state index contributed by atoms with van der Waals surface area (Å²) in [5, 5.41) is 18.4. The van der Waals surface area contributed by atoms with Gasteiger partial charge in [0.1, 0.15) is 0 Å². The molecular weight excluding hydrogens is 212 g/mol. The normalized spacial score (nSPS) is 12.1. The van der Waals surface area contributed by atoms with Gasteiger partial charge in [0.2, 0.25) is 0 Å². The first-order chi connectivity index (χ1) is 7.58. The molecule has 0 heterocycles. The molecule has 16 heavy (non-hydrogen) atoms. The van der Waals surface area contributed by atoms with Gasteiger partial charge in [-0.2, -0.15) is 0 Å². The van der Waals surface area contributed by atoms with Gasteiger partial charge in [-0.15, -0.1) is 0 Å². The molecule has 0 amide bonds. The van der Waals surface area contributed by atoms with Crippen LogP contribution in [0, 0.1) is 0 Å². The SMILES string of the molecule is COC(=O)[C@@H](Cc1ccc(O)c(O)c1)OC. The Balaban J connectivity index is 2.78. The predicted octanol–water partition coefficient (Wildman–Crippen LogP) is 0.828. The first kappa shape index (κ1) is 12.3. The third-order valence-corrected chi connectivity index (χ3v) is 2.21. The molecular formula is C11H14O5. The van der Waals surface area contributed by atoms with Crippen molar-refractivity contribution in [2.45, 2.75) is 12.5 Å². The summed E-state index contributed by atoms with van der Waals surface area (Å²) in [6.45, 7) is 0. The summed E-state index contributed by atoms with van der Waals surface area (Å²) in [5.74, 6) is -0.900. The first-order valence-corrected chi connectivity index (χ1v) is 4.70. The van der Waals surface area contributed by atoms with Gasteiger partial charge < -0.3 is 19.7 Å². The smallest absolute Gasteiger partial charge is 0.335 e. The molecule has 1 aromatic carbocycles. The third-order valence-electron chi connectivity index (χ3n) is 2.21. The number of phenols is 2. The number of phenolic OH excluding ortho intramolecular Hbond substituents is 2. The molecule has 5 nitrogen and oxygen atoms in total. The Hall–Kier alpha value is -1.75. The highest BCUT2D eigenvalue weighted by Gasteiger charge is 2.19. The quantitative estimate of drug-likeness (QED) is 0.587. The lowest BCUT2D eigenvalue weighted by Crippen LogP contribution is -2.26. The van der Waals surface area contributed by atoms with Gasteiger partial charge in [-0.25, -0.2) is 4.79 Å². The molecule has 0 radical (unpaired) electrons. The van der Waals surface area contributed by atoms with E-state index in [1.165, 1.54) is 26.4 Å². The van der Waals surface area contributed by atoms with E-state index >= 15 is 0 Å². The number of carbonyl (C=O) groups excluding carboxylic acids is 1. The summed E-state index contributed by atoms with van der Waals surface area (Å²) in [6, 6.07) is 4.34. The van der Waals surface area contributed by atoms with Crippen molar-refractivity contribution in [2.75, 3.05) is 14.2 Å². The second kappa shape index (κ2) is 5.37. The van der Waals surface area contributed by atoms with Crippen molar-refractivity contribution in [3.63, 3.8) is 0 Å². The van der Waals surface area contributed by atoms with Crippen LogP contribution < -0.4 is 0 Å². The summed E-state index contributed by atoms with van der Waals surface area (Å²) < 4.78 is 9.51. The summed E-state index contributed by atoms with van der Waals surface area (Å²) >= 11 is 0. The molecule has 5 heteroatoms. The number of rotatable bonds is 4. The van der Waals surface area contributed by atoms with E-state index in [4.69, 9.17) is 9.84 Å². The molecule has 88 valence electrons. The Morgan fingerprint density at radius 3 is 2.50 bits per heavy atom. The van der Waals surface area contributed by atoms with E-state index in [9.17, 15) is 9.90 Å². The lowest BCUT2D eigenvalue weighted by molar-refractivity contribution is -0.152. The van der Waals surface area contributed by atoms with Crippen LogP contribution in [0.3, 0.4) is 0 Å². The number of esters is 1. The number of hydrogen-bond acceptors (Lipinski definition) is 5. The Labute approximate surface area is 93.2 Å². The van der Waals surface area contributed by atoms with Crippen molar-refractivity contribution in [1.82, 2.24) is 0 Å². The highest BCUT2D eigenvalue weighted by molar-refractivity contribution is 5.75. The van der Waals surface area contributed by atoms with E-state index in [1.54, 1.807) is 6.07 Å². The molecule has 0 aliphatic heterocycles. The number of aromatic hydroxyl groups is 2. The predicted molar refractivity (Wildman–Crippen MR) is 56.3 cm³/mol. The van der Waals surface area contributed by atoms with E-state index in [-0.39, 0.29) is 17.9 Å². The fourth-order valence-corrected chi connectivity index (χ4v) is 1.30. The zero-order valence-corrected chi connectivity index (χ0v) is 9.14. The summed E-state index contributed by atoms with van der Waals surface area (Å²) in [5.41, 5.74) is 0.674. The van der Waals surface area contributed by atoms with Crippen LogP contribution in [-0.4, -0.2) is 36.5 Å². The maximum absolute atomic E-state index is 11.2. The Bertz CT molecular complexity index is 375. The molecule has 0 unspecified atom stereocenters. The zero-order chi connectivity index (χ0) is 12.1. The lowest BCUT2D eigenvalue weighted by Gasteiger charge is -2.12. The van der Waals surface area contributed by atoms with Crippen LogP contribution in [0.25, 0.3) is 0 Å². The van der Waals surface area contributed by atoms with Gasteiger partial charge in [0.05, 0.1) is 7.11 Å². The van der Waals surface area contributed by atoms with E-state index in [2.05, 4.69) is 4.74 Å². The van der Waals surface area contributed by atoms with Crippen molar-refractivity contribution < 1.29 is 24.5 Å². The molecule has 0 spiro atoms. The number of benzene rings is 1. The van der Waals surface area contributed by atoms with Gasteiger partial charge in [-0.3, -0.25) is 0 Å². The minimum Gasteiger partial charge on any atom is -0.504 e. The average Bonchev–Trinajstić information content (AvgIpc) is 2.29. The van der Waals surface area contributed by atoms with E-state index in [1.807, 2.05) is 0 Å². The summed E-state index contributed by atoms with van der Waals surface area (Å²) in [6.07, 6.45) is -0.439. The Morgan fingerprint density at radius 1 is 1.31 bits per heavy atom. The Morgan fingerprint density at radius 2 is 2.00 bits per heavy atom. The minimum atomic E-state index is -0.714. The largest absolute Gasteiger partial charge is 0.504 e. The van der Waals surface area contributed by atoms with Crippen LogP contribution in [0.5, 0.6) is 11.5 Å². The molecule has 0 fully saturated rings. The molecule has 1 aromatic rings. The fourth-order valence-electron chi connectivity index (χ4n) is 1.30. The van der Waals surface area contributed by atoms with Gasteiger partial charge in [0.15, 0.2) is 17.6 Å². The van der Waals surface area contributed by atoms with Gasteiger partial charge in [-0.05, 0) is 17.7 Å². The third kappa shape index (κ3) is 2.87. The molecule has 2 N–H and O–H groups in total. The standard InChI is InChI=1S/C11H14O5/c1-15-10(11(14)16-2)6-7-3-4-8(12)9(13)5-7/h3-5,10,12-13H,6H2,1-2H3/t10-/m1/s1. The first-order valence-electron chi connectivity index (χ1n) is 4.70. The highest BCUT2D eigenvalue weighted by atomic mass is 16.6. The van der Waals surface area contributed by atoms with Gasteiger partial charge in [0, 0.05) is 13.5 Å². The summed E-state index contributed by atoms with van der Waals surface area (Å²) in [7, 11) is 2.69.